The number of benzene rings is 1. The average molecular weight is 204 g/mol. The van der Waals surface area contributed by atoms with Gasteiger partial charge in [-0.15, -0.1) is 0 Å². The molecular formula is C13H20N2. The van der Waals surface area contributed by atoms with Crippen molar-refractivity contribution in [1.29, 1.82) is 0 Å². The third-order valence-electron chi connectivity index (χ3n) is 3.31. The number of hydrogen-bond donors (Lipinski definition) is 2. The van der Waals surface area contributed by atoms with Gasteiger partial charge >= 0.3 is 0 Å². The minimum absolute atomic E-state index is 0.657. The molecule has 1 fully saturated rings. The van der Waals surface area contributed by atoms with Crippen LogP contribution in [0, 0.1) is 13.8 Å². The van der Waals surface area contributed by atoms with Crippen molar-refractivity contribution in [3.63, 3.8) is 0 Å². The Morgan fingerprint density at radius 2 is 2.27 bits per heavy atom. The molecule has 82 valence electrons. The van der Waals surface area contributed by atoms with Gasteiger partial charge in [0.15, 0.2) is 0 Å². The Morgan fingerprint density at radius 3 is 3.00 bits per heavy atom. The summed E-state index contributed by atoms with van der Waals surface area (Å²) in [5.41, 5.74) is 4.01. The van der Waals surface area contributed by atoms with E-state index in [1.165, 1.54) is 36.2 Å². The van der Waals surface area contributed by atoms with Crippen LogP contribution in [-0.4, -0.2) is 19.1 Å². The third-order valence-corrected chi connectivity index (χ3v) is 3.31. The number of aryl methyl sites for hydroxylation is 1. The lowest BCUT2D eigenvalue weighted by Gasteiger charge is -2.15. The first-order valence-corrected chi connectivity index (χ1v) is 5.81. The predicted molar refractivity (Wildman–Crippen MR) is 65.4 cm³/mol. The van der Waals surface area contributed by atoms with E-state index in [9.17, 15) is 0 Å². The summed E-state index contributed by atoms with van der Waals surface area (Å²) in [5, 5.41) is 7.03. The van der Waals surface area contributed by atoms with Gasteiger partial charge in [0.05, 0.1) is 0 Å². The van der Waals surface area contributed by atoms with Crippen molar-refractivity contribution in [3.05, 3.63) is 29.3 Å². The van der Waals surface area contributed by atoms with Crippen LogP contribution in [0.4, 0.5) is 5.69 Å². The number of hydrogen-bond acceptors (Lipinski definition) is 2. The molecule has 2 nitrogen and oxygen atoms in total. The molecule has 2 heteroatoms. The summed E-state index contributed by atoms with van der Waals surface area (Å²) >= 11 is 0. The molecule has 15 heavy (non-hydrogen) atoms. The summed E-state index contributed by atoms with van der Waals surface area (Å²) in [6.07, 6.45) is 2.62. The van der Waals surface area contributed by atoms with Gasteiger partial charge in [0.1, 0.15) is 0 Å². The highest BCUT2D eigenvalue weighted by atomic mass is 15.0. The SMILES string of the molecule is Cc1cccc(NC[C@@H]2CCCN2)c1C. The van der Waals surface area contributed by atoms with Crippen molar-refractivity contribution in [2.75, 3.05) is 18.4 Å². The van der Waals surface area contributed by atoms with E-state index in [1.54, 1.807) is 0 Å². The first kappa shape index (κ1) is 10.5. The van der Waals surface area contributed by atoms with E-state index >= 15 is 0 Å². The molecule has 1 atom stereocenters. The molecule has 2 rings (SSSR count). The Hall–Kier alpha value is -1.02. The Morgan fingerprint density at radius 1 is 1.40 bits per heavy atom. The minimum Gasteiger partial charge on any atom is -0.383 e. The van der Waals surface area contributed by atoms with Crippen molar-refractivity contribution >= 4 is 5.69 Å². The van der Waals surface area contributed by atoms with Crippen LogP contribution < -0.4 is 10.6 Å². The second kappa shape index (κ2) is 4.67. The Bertz CT molecular complexity index is 327. The molecule has 0 aromatic heterocycles. The number of anilines is 1. The van der Waals surface area contributed by atoms with E-state index in [1.807, 2.05) is 0 Å². The van der Waals surface area contributed by atoms with E-state index in [0.717, 1.165) is 6.54 Å². The van der Waals surface area contributed by atoms with Crippen LogP contribution in [0.2, 0.25) is 0 Å². The predicted octanol–water partition coefficient (Wildman–Crippen LogP) is 2.47. The van der Waals surface area contributed by atoms with Crippen molar-refractivity contribution in [1.82, 2.24) is 5.32 Å². The quantitative estimate of drug-likeness (QED) is 0.790. The molecular weight excluding hydrogens is 184 g/mol. The summed E-state index contributed by atoms with van der Waals surface area (Å²) in [6, 6.07) is 7.10. The van der Waals surface area contributed by atoms with Crippen LogP contribution in [0.25, 0.3) is 0 Å². The summed E-state index contributed by atoms with van der Waals surface area (Å²) in [7, 11) is 0. The van der Waals surface area contributed by atoms with E-state index in [-0.39, 0.29) is 0 Å². The van der Waals surface area contributed by atoms with Crippen LogP contribution in [0.1, 0.15) is 24.0 Å². The van der Waals surface area contributed by atoms with Crippen LogP contribution >= 0.6 is 0 Å². The van der Waals surface area contributed by atoms with Gasteiger partial charge in [0, 0.05) is 18.3 Å². The van der Waals surface area contributed by atoms with Crippen LogP contribution in [0.15, 0.2) is 18.2 Å². The molecule has 1 aliphatic rings. The van der Waals surface area contributed by atoms with Crippen LogP contribution in [0.5, 0.6) is 0 Å². The van der Waals surface area contributed by atoms with Gasteiger partial charge in [-0.05, 0) is 50.4 Å². The summed E-state index contributed by atoms with van der Waals surface area (Å²) in [4.78, 5) is 0. The molecule has 0 unspecified atom stereocenters. The van der Waals surface area contributed by atoms with Crippen molar-refractivity contribution < 1.29 is 0 Å². The molecule has 1 aromatic rings. The van der Waals surface area contributed by atoms with Crippen LogP contribution in [0.3, 0.4) is 0 Å². The van der Waals surface area contributed by atoms with E-state index in [4.69, 9.17) is 0 Å². The lowest BCUT2D eigenvalue weighted by molar-refractivity contribution is 0.633. The molecule has 0 bridgehead atoms. The zero-order chi connectivity index (χ0) is 10.7. The van der Waals surface area contributed by atoms with Gasteiger partial charge in [-0.25, -0.2) is 0 Å². The van der Waals surface area contributed by atoms with Gasteiger partial charge in [-0.3, -0.25) is 0 Å². The monoisotopic (exact) mass is 204 g/mol. The highest BCUT2D eigenvalue weighted by Gasteiger charge is 2.13. The maximum atomic E-state index is 3.53. The maximum absolute atomic E-state index is 3.53. The first-order valence-electron chi connectivity index (χ1n) is 5.81. The highest BCUT2D eigenvalue weighted by molar-refractivity contribution is 5.53. The maximum Gasteiger partial charge on any atom is 0.0373 e. The average Bonchev–Trinajstić information content (AvgIpc) is 2.73. The smallest absolute Gasteiger partial charge is 0.0373 e. The fourth-order valence-corrected chi connectivity index (χ4v) is 2.11. The second-order valence-corrected chi connectivity index (χ2v) is 4.42. The largest absolute Gasteiger partial charge is 0.383 e. The van der Waals surface area contributed by atoms with Crippen molar-refractivity contribution in [3.8, 4) is 0 Å². The molecule has 0 radical (unpaired) electrons. The van der Waals surface area contributed by atoms with E-state index < -0.39 is 0 Å². The minimum atomic E-state index is 0.657. The number of nitrogens with one attached hydrogen (secondary N) is 2. The van der Waals surface area contributed by atoms with Gasteiger partial charge in [0.25, 0.3) is 0 Å². The lowest BCUT2D eigenvalue weighted by atomic mass is 10.1. The molecule has 1 aromatic carbocycles. The Kier molecular flexibility index (Phi) is 3.27. The highest BCUT2D eigenvalue weighted by Crippen LogP contribution is 2.18. The zero-order valence-electron chi connectivity index (χ0n) is 9.64. The zero-order valence-corrected chi connectivity index (χ0v) is 9.64. The second-order valence-electron chi connectivity index (χ2n) is 4.42. The molecule has 0 amide bonds. The lowest BCUT2D eigenvalue weighted by Crippen LogP contribution is -2.29. The fraction of sp³-hybridized carbons (Fsp3) is 0.538. The number of rotatable bonds is 3. The van der Waals surface area contributed by atoms with Gasteiger partial charge in [0.2, 0.25) is 0 Å². The summed E-state index contributed by atoms with van der Waals surface area (Å²) in [5.74, 6) is 0. The molecule has 0 spiro atoms. The first-order chi connectivity index (χ1) is 7.27. The molecule has 2 N–H and O–H groups in total. The van der Waals surface area contributed by atoms with E-state index in [0.29, 0.717) is 6.04 Å². The van der Waals surface area contributed by atoms with Crippen molar-refractivity contribution in [2.45, 2.75) is 32.7 Å². The third kappa shape index (κ3) is 2.51. The molecule has 1 aliphatic heterocycles. The van der Waals surface area contributed by atoms with Gasteiger partial charge in [-0.1, -0.05) is 12.1 Å². The molecule has 0 saturated carbocycles. The molecule has 1 heterocycles. The van der Waals surface area contributed by atoms with Gasteiger partial charge in [-0.2, -0.15) is 0 Å². The Labute approximate surface area is 92.1 Å². The normalized spacial score (nSPS) is 20.5. The van der Waals surface area contributed by atoms with Gasteiger partial charge < -0.3 is 10.6 Å². The van der Waals surface area contributed by atoms with Crippen LogP contribution in [-0.2, 0) is 0 Å². The van der Waals surface area contributed by atoms with Crippen molar-refractivity contribution in [2.24, 2.45) is 0 Å². The standard InChI is InChI=1S/C13H20N2/c1-10-5-3-7-13(11(10)2)15-9-12-6-4-8-14-12/h3,5,7,12,14-15H,4,6,8-9H2,1-2H3/t12-/m0/s1. The Balaban J connectivity index is 1.95. The van der Waals surface area contributed by atoms with E-state index in [2.05, 4.69) is 42.7 Å². The molecule has 0 aliphatic carbocycles. The summed E-state index contributed by atoms with van der Waals surface area (Å²) < 4.78 is 0. The molecule has 1 saturated heterocycles. The summed E-state index contributed by atoms with van der Waals surface area (Å²) in [6.45, 7) is 6.57. The topological polar surface area (TPSA) is 24.1 Å². The fourth-order valence-electron chi connectivity index (χ4n) is 2.11.